The topological polar surface area (TPSA) is 85.4 Å². The molecule has 0 aliphatic carbocycles. The van der Waals surface area contributed by atoms with E-state index < -0.39 is 0 Å². The Balaban J connectivity index is 1.48. The number of amides is 1. The first-order valence-electron chi connectivity index (χ1n) is 11.1. The highest BCUT2D eigenvalue weighted by Crippen LogP contribution is 2.23. The molecule has 1 aromatic carbocycles. The number of nitrogens with one attached hydrogen (secondary N) is 1. The summed E-state index contributed by atoms with van der Waals surface area (Å²) in [7, 11) is 1.69. The highest BCUT2D eigenvalue weighted by molar-refractivity contribution is 5.91. The van der Waals surface area contributed by atoms with Crippen molar-refractivity contribution in [2.24, 2.45) is 5.92 Å². The van der Waals surface area contributed by atoms with Crippen molar-refractivity contribution in [2.45, 2.75) is 45.8 Å². The molecule has 1 aliphatic rings. The maximum atomic E-state index is 12.7. The van der Waals surface area contributed by atoms with Gasteiger partial charge in [0.05, 0.1) is 19.4 Å². The molecule has 0 spiro atoms. The van der Waals surface area contributed by atoms with E-state index in [9.17, 15) is 4.79 Å². The average molecular weight is 438 g/mol. The number of methoxy groups -OCH3 is 1. The van der Waals surface area contributed by atoms with Gasteiger partial charge in [0.1, 0.15) is 11.6 Å². The van der Waals surface area contributed by atoms with Crippen molar-refractivity contribution >= 4 is 5.91 Å². The number of ether oxygens (including phenoxy) is 1. The lowest BCUT2D eigenvalue weighted by Crippen LogP contribution is -2.32. The van der Waals surface area contributed by atoms with Crippen LogP contribution in [0.2, 0.25) is 0 Å². The van der Waals surface area contributed by atoms with Gasteiger partial charge in [-0.05, 0) is 42.2 Å². The molecular weight excluding hydrogens is 406 g/mol. The van der Waals surface area contributed by atoms with E-state index in [1.54, 1.807) is 19.2 Å². The van der Waals surface area contributed by atoms with Crippen LogP contribution < -0.4 is 10.1 Å². The fourth-order valence-corrected chi connectivity index (χ4v) is 4.17. The highest BCUT2D eigenvalue weighted by atomic mass is 16.5. The van der Waals surface area contributed by atoms with Crippen LogP contribution in [-0.2, 0) is 19.5 Å². The SMILES string of the molecule is COc1cccc(CN2CCc3nnc([C@@H](CC(C)C)NC(=O)c4ccco4)n3CC2)c1. The van der Waals surface area contributed by atoms with Gasteiger partial charge in [0, 0.05) is 32.6 Å². The zero-order valence-corrected chi connectivity index (χ0v) is 19.0. The van der Waals surface area contributed by atoms with Crippen molar-refractivity contribution in [1.82, 2.24) is 25.0 Å². The smallest absolute Gasteiger partial charge is 0.287 e. The van der Waals surface area contributed by atoms with Crippen LogP contribution in [0, 0.1) is 5.92 Å². The predicted octanol–water partition coefficient (Wildman–Crippen LogP) is 3.46. The van der Waals surface area contributed by atoms with Crippen LogP contribution in [-0.4, -0.2) is 45.8 Å². The number of fused-ring (bicyclic) bond motifs is 1. The molecule has 0 unspecified atom stereocenters. The molecule has 0 saturated heterocycles. The van der Waals surface area contributed by atoms with Gasteiger partial charge in [-0.1, -0.05) is 26.0 Å². The van der Waals surface area contributed by atoms with Crippen molar-refractivity contribution in [3.05, 3.63) is 65.6 Å². The zero-order valence-electron chi connectivity index (χ0n) is 19.0. The molecule has 0 bridgehead atoms. The minimum absolute atomic E-state index is 0.223. The van der Waals surface area contributed by atoms with Crippen LogP contribution in [0.4, 0.5) is 0 Å². The molecule has 1 aliphatic heterocycles. The molecule has 32 heavy (non-hydrogen) atoms. The molecule has 3 aromatic rings. The standard InChI is InChI=1S/C24H31N5O3/c1-17(2)14-20(25-24(30)21-8-5-13-32-21)23-27-26-22-9-10-28(11-12-29(22)23)16-18-6-4-7-19(15-18)31-3/h4-8,13,15,17,20H,9-12,14,16H2,1-3H3,(H,25,30)/t20-/m1/s1. The molecule has 1 N–H and O–H groups in total. The lowest BCUT2D eigenvalue weighted by molar-refractivity contribution is 0.0900. The summed E-state index contributed by atoms with van der Waals surface area (Å²) in [6.07, 6.45) is 3.10. The Kier molecular flexibility index (Phi) is 6.90. The molecule has 0 radical (unpaired) electrons. The highest BCUT2D eigenvalue weighted by Gasteiger charge is 2.27. The van der Waals surface area contributed by atoms with Crippen LogP contribution >= 0.6 is 0 Å². The van der Waals surface area contributed by atoms with Crippen LogP contribution in [0.5, 0.6) is 5.75 Å². The Hall–Kier alpha value is -3.13. The minimum Gasteiger partial charge on any atom is -0.497 e. The van der Waals surface area contributed by atoms with Crippen LogP contribution in [0.25, 0.3) is 0 Å². The van der Waals surface area contributed by atoms with Gasteiger partial charge in [0.25, 0.3) is 5.91 Å². The first kappa shape index (κ1) is 22.1. The fraction of sp³-hybridized carbons (Fsp3) is 0.458. The van der Waals surface area contributed by atoms with Crippen LogP contribution in [0.1, 0.15) is 54.1 Å². The molecule has 170 valence electrons. The number of rotatable bonds is 8. The lowest BCUT2D eigenvalue weighted by Gasteiger charge is -2.22. The summed E-state index contributed by atoms with van der Waals surface area (Å²) in [4.78, 5) is 15.1. The molecule has 3 heterocycles. The summed E-state index contributed by atoms with van der Waals surface area (Å²) in [6.45, 7) is 7.71. The summed E-state index contributed by atoms with van der Waals surface area (Å²) in [6, 6.07) is 11.4. The van der Waals surface area contributed by atoms with Gasteiger partial charge in [-0.3, -0.25) is 9.69 Å². The number of hydrogen-bond donors (Lipinski definition) is 1. The van der Waals surface area contributed by atoms with E-state index in [0.717, 1.165) is 56.4 Å². The number of benzene rings is 1. The normalized spacial score (nSPS) is 15.2. The van der Waals surface area contributed by atoms with Crippen molar-refractivity contribution in [3.8, 4) is 5.75 Å². The molecule has 8 nitrogen and oxygen atoms in total. The maximum absolute atomic E-state index is 12.7. The number of hydrogen-bond acceptors (Lipinski definition) is 6. The Labute approximate surface area is 188 Å². The molecule has 1 atom stereocenters. The van der Waals surface area contributed by atoms with Gasteiger partial charge in [-0.2, -0.15) is 0 Å². The van der Waals surface area contributed by atoms with E-state index in [-0.39, 0.29) is 11.9 Å². The third-order valence-corrected chi connectivity index (χ3v) is 5.76. The first-order valence-corrected chi connectivity index (χ1v) is 11.1. The minimum atomic E-state index is -0.230. The predicted molar refractivity (Wildman–Crippen MR) is 120 cm³/mol. The van der Waals surface area contributed by atoms with Crippen molar-refractivity contribution in [2.75, 3.05) is 20.2 Å². The Bertz CT molecular complexity index is 1030. The van der Waals surface area contributed by atoms with Gasteiger partial charge < -0.3 is 19.0 Å². The molecular formula is C24H31N5O3. The number of carbonyl (C=O) groups excluding carboxylic acids is 1. The lowest BCUT2D eigenvalue weighted by atomic mass is 10.0. The number of aromatic nitrogens is 3. The van der Waals surface area contributed by atoms with Gasteiger partial charge in [0.15, 0.2) is 11.6 Å². The summed E-state index contributed by atoms with van der Waals surface area (Å²) in [5, 5.41) is 12.1. The zero-order chi connectivity index (χ0) is 22.5. The number of carbonyl (C=O) groups is 1. The van der Waals surface area contributed by atoms with Gasteiger partial charge >= 0.3 is 0 Å². The van der Waals surface area contributed by atoms with Crippen molar-refractivity contribution < 1.29 is 13.9 Å². The van der Waals surface area contributed by atoms with Gasteiger partial charge in [0.2, 0.25) is 0 Å². The second-order valence-electron chi connectivity index (χ2n) is 8.64. The van der Waals surface area contributed by atoms with Crippen LogP contribution in [0.3, 0.4) is 0 Å². The summed E-state index contributed by atoms with van der Waals surface area (Å²) < 4.78 is 12.8. The molecule has 2 aromatic heterocycles. The maximum Gasteiger partial charge on any atom is 0.287 e. The fourth-order valence-electron chi connectivity index (χ4n) is 4.17. The molecule has 1 amide bonds. The Morgan fingerprint density at radius 1 is 1.19 bits per heavy atom. The van der Waals surface area contributed by atoms with Crippen LogP contribution in [0.15, 0.2) is 47.1 Å². The second kappa shape index (κ2) is 9.99. The monoisotopic (exact) mass is 437 g/mol. The van der Waals surface area contributed by atoms with E-state index in [2.05, 4.69) is 51.0 Å². The molecule has 0 fully saturated rings. The Morgan fingerprint density at radius 2 is 2.06 bits per heavy atom. The quantitative estimate of drug-likeness (QED) is 0.581. The largest absolute Gasteiger partial charge is 0.497 e. The molecule has 4 rings (SSSR count). The Morgan fingerprint density at radius 3 is 2.81 bits per heavy atom. The van der Waals surface area contributed by atoms with Gasteiger partial charge in [-0.25, -0.2) is 0 Å². The summed E-state index contributed by atoms with van der Waals surface area (Å²) >= 11 is 0. The van der Waals surface area contributed by atoms with E-state index in [1.165, 1.54) is 11.8 Å². The summed E-state index contributed by atoms with van der Waals surface area (Å²) in [5.74, 6) is 3.12. The van der Waals surface area contributed by atoms with E-state index in [0.29, 0.717) is 11.7 Å². The molecule has 8 heteroatoms. The average Bonchev–Trinajstić information content (AvgIpc) is 3.41. The molecule has 0 saturated carbocycles. The second-order valence-corrected chi connectivity index (χ2v) is 8.64. The van der Waals surface area contributed by atoms with E-state index >= 15 is 0 Å². The third kappa shape index (κ3) is 5.19. The summed E-state index contributed by atoms with van der Waals surface area (Å²) in [5.41, 5.74) is 1.23. The third-order valence-electron chi connectivity index (χ3n) is 5.76. The first-order chi connectivity index (χ1) is 15.5. The van der Waals surface area contributed by atoms with E-state index in [4.69, 9.17) is 9.15 Å². The van der Waals surface area contributed by atoms with E-state index in [1.807, 2.05) is 12.1 Å². The number of furan rings is 1. The van der Waals surface area contributed by atoms with Gasteiger partial charge in [-0.15, -0.1) is 10.2 Å². The van der Waals surface area contributed by atoms with Crippen molar-refractivity contribution in [3.63, 3.8) is 0 Å². The number of nitrogens with zero attached hydrogens (tertiary/aromatic N) is 4. The van der Waals surface area contributed by atoms with Crippen molar-refractivity contribution in [1.29, 1.82) is 0 Å².